The SMILES string of the molecule is CNC(c1cc(Br)ccc1C)C(C)N1CCNCC1. The van der Waals surface area contributed by atoms with Crippen molar-refractivity contribution >= 4 is 15.9 Å². The van der Waals surface area contributed by atoms with Crippen LogP contribution in [0.5, 0.6) is 0 Å². The van der Waals surface area contributed by atoms with Gasteiger partial charge in [0.05, 0.1) is 0 Å². The molecule has 19 heavy (non-hydrogen) atoms. The average Bonchev–Trinajstić information content (AvgIpc) is 2.44. The Morgan fingerprint density at radius 1 is 1.32 bits per heavy atom. The van der Waals surface area contributed by atoms with Gasteiger partial charge in [0.15, 0.2) is 0 Å². The fraction of sp³-hybridized carbons (Fsp3) is 0.600. The molecule has 1 saturated heterocycles. The lowest BCUT2D eigenvalue weighted by Gasteiger charge is -2.38. The molecule has 3 nitrogen and oxygen atoms in total. The molecule has 1 aliphatic rings. The van der Waals surface area contributed by atoms with Crippen LogP contribution >= 0.6 is 15.9 Å². The first-order valence-electron chi connectivity index (χ1n) is 7.01. The summed E-state index contributed by atoms with van der Waals surface area (Å²) in [5.74, 6) is 0. The quantitative estimate of drug-likeness (QED) is 0.889. The van der Waals surface area contributed by atoms with Crippen LogP contribution in [-0.4, -0.2) is 44.2 Å². The Kier molecular flexibility index (Phi) is 5.39. The summed E-state index contributed by atoms with van der Waals surface area (Å²) in [6, 6.07) is 7.42. The summed E-state index contributed by atoms with van der Waals surface area (Å²) >= 11 is 3.59. The summed E-state index contributed by atoms with van der Waals surface area (Å²) in [6.07, 6.45) is 0. The van der Waals surface area contributed by atoms with Gasteiger partial charge in [-0.3, -0.25) is 4.90 Å². The van der Waals surface area contributed by atoms with E-state index in [9.17, 15) is 0 Å². The van der Waals surface area contributed by atoms with Crippen LogP contribution in [-0.2, 0) is 0 Å². The molecular formula is C15H24BrN3. The van der Waals surface area contributed by atoms with Gasteiger partial charge in [0.1, 0.15) is 0 Å². The minimum Gasteiger partial charge on any atom is -0.314 e. The first-order valence-corrected chi connectivity index (χ1v) is 7.81. The molecule has 2 atom stereocenters. The van der Waals surface area contributed by atoms with Crippen LogP contribution in [0.2, 0.25) is 0 Å². The molecule has 2 rings (SSSR count). The van der Waals surface area contributed by atoms with Gasteiger partial charge in [0.2, 0.25) is 0 Å². The Bertz CT molecular complexity index is 416. The molecule has 0 saturated carbocycles. The van der Waals surface area contributed by atoms with E-state index < -0.39 is 0 Å². The van der Waals surface area contributed by atoms with Gasteiger partial charge in [-0.05, 0) is 44.2 Å². The second kappa shape index (κ2) is 6.84. The van der Waals surface area contributed by atoms with Crippen molar-refractivity contribution in [3.63, 3.8) is 0 Å². The number of piperazine rings is 1. The number of halogens is 1. The predicted molar refractivity (Wildman–Crippen MR) is 84.6 cm³/mol. The highest BCUT2D eigenvalue weighted by Gasteiger charge is 2.25. The smallest absolute Gasteiger partial charge is 0.0476 e. The third kappa shape index (κ3) is 3.57. The summed E-state index contributed by atoms with van der Waals surface area (Å²) in [4.78, 5) is 2.57. The van der Waals surface area contributed by atoms with E-state index in [4.69, 9.17) is 0 Å². The Hall–Kier alpha value is -0.420. The van der Waals surface area contributed by atoms with E-state index in [1.54, 1.807) is 0 Å². The van der Waals surface area contributed by atoms with Gasteiger partial charge in [-0.1, -0.05) is 22.0 Å². The molecule has 1 fully saturated rings. The number of benzene rings is 1. The van der Waals surface area contributed by atoms with Gasteiger partial charge in [-0.25, -0.2) is 0 Å². The maximum atomic E-state index is 3.59. The van der Waals surface area contributed by atoms with E-state index in [0.29, 0.717) is 12.1 Å². The first kappa shape index (κ1) is 15.0. The van der Waals surface area contributed by atoms with Gasteiger partial charge >= 0.3 is 0 Å². The maximum absolute atomic E-state index is 3.59. The van der Waals surface area contributed by atoms with Gasteiger partial charge in [0.25, 0.3) is 0 Å². The minimum absolute atomic E-state index is 0.371. The van der Waals surface area contributed by atoms with Crippen molar-refractivity contribution in [3.05, 3.63) is 33.8 Å². The van der Waals surface area contributed by atoms with Crippen molar-refractivity contribution < 1.29 is 0 Å². The number of nitrogens with zero attached hydrogens (tertiary/aromatic N) is 1. The van der Waals surface area contributed by atoms with E-state index in [0.717, 1.165) is 30.7 Å². The minimum atomic E-state index is 0.371. The summed E-state index contributed by atoms with van der Waals surface area (Å²) < 4.78 is 1.15. The Morgan fingerprint density at radius 3 is 2.63 bits per heavy atom. The van der Waals surface area contributed by atoms with Crippen molar-refractivity contribution in [2.24, 2.45) is 0 Å². The van der Waals surface area contributed by atoms with Gasteiger partial charge in [-0.15, -0.1) is 0 Å². The van der Waals surface area contributed by atoms with Crippen molar-refractivity contribution in [2.75, 3.05) is 33.2 Å². The summed E-state index contributed by atoms with van der Waals surface area (Å²) in [7, 11) is 2.06. The lowest BCUT2D eigenvalue weighted by atomic mass is 9.95. The van der Waals surface area contributed by atoms with Crippen LogP contribution in [0.1, 0.15) is 24.1 Å². The zero-order chi connectivity index (χ0) is 13.8. The lowest BCUT2D eigenvalue weighted by molar-refractivity contribution is 0.153. The Balaban J connectivity index is 2.20. The Labute approximate surface area is 124 Å². The highest BCUT2D eigenvalue weighted by Crippen LogP contribution is 2.26. The summed E-state index contributed by atoms with van der Waals surface area (Å²) in [6.45, 7) is 8.97. The van der Waals surface area contributed by atoms with Crippen molar-refractivity contribution in [3.8, 4) is 0 Å². The normalized spacial score (nSPS) is 20.2. The van der Waals surface area contributed by atoms with Crippen LogP contribution < -0.4 is 10.6 Å². The average molecular weight is 326 g/mol. The fourth-order valence-electron chi connectivity index (χ4n) is 2.90. The molecule has 0 aliphatic carbocycles. The molecule has 0 amide bonds. The lowest BCUT2D eigenvalue weighted by Crippen LogP contribution is -2.51. The zero-order valence-electron chi connectivity index (χ0n) is 12.0. The highest BCUT2D eigenvalue weighted by atomic mass is 79.9. The van der Waals surface area contributed by atoms with Crippen LogP contribution in [0.15, 0.2) is 22.7 Å². The predicted octanol–water partition coefficient (Wildman–Crippen LogP) is 2.31. The summed E-state index contributed by atoms with van der Waals surface area (Å²) in [5.41, 5.74) is 2.74. The molecule has 1 aromatic carbocycles. The van der Waals surface area contributed by atoms with Gasteiger partial charge in [0, 0.05) is 42.7 Å². The Morgan fingerprint density at radius 2 is 2.00 bits per heavy atom. The number of nitrogens with one attached hydrogen (secondary N) is 2. The number of rotatable bonds is 4. The molecular weight excluding hydrogens is 302 g/mol. The van der Waals surface area contributed by atoms with Crippen LogP contribution in [0.4, 0.5) is 0 Å². The van der Waals surface area contributed by atoms with E-state index in [1.807, 2.05) is 0 Å². The van der Waals surface area contributed by atoms with E-state index in [2.05, 4.69) is 70.6 Å². The fourth-order valence-corrected chi connectivity index (χ4v) is 3.28. The van der Waals surface area contributed by atoms with E-state index in [-0.39, 0.29) is 0 Å². The van der Waals surface area contributed by atoms with Crippen molar-refractivity contribution in [1.82, 2.24) is 15.5 Å². The molecule has 1 aliphatic heterocycles. The van der Waals surface area contributed by atoms with Crippen LogP contribution in [0.3, 0.4) is 0 Å². The molecule has 0 spiro atoms. The molecule has 0 bridgehead atoms. The molecule has 1 aromatic rings. The topological polar surface area (TPSA) is 27.3 Å². The van der Waals surface area contributed by atoms with E-state index in [1.165, 1.54) is 11.1 Å². The third-order valence-corrected chi connectivity index (χ3v) is 4.59. The van der Waals surface area contributed by atoms with Crippen molar-refractivity contribution in [1.29, 1.82) is 0 Å². The number of aryl methyl sites for hydroxylation is 1. The maximum Gasteiger partial charge on any atom is 0.0476 e. The van der Waals surface area contributed by atoms with Gasteiger partial charge in [-0.2, -0.15) is 0 Å². The molecule has 2 N–H and O–H groups in total. The molecule has 1 heterocycles. The largest absolute Gasteiger partial charge is 0.314 e. The zero-order valence-corrected chi connectivity index (χ0v) is 13.6. The molecule has 2 unspecified atom stereocenters. The second-order valence-electron chi connectivity index (χ2n) is 5.29. The van der Waals surface area contributed by atoms with Gasteiger partial charge < -0.3 is 10.6 Å². The first-order chi connectivity index (χ1) is 9.13. The van der Waals surface area contributed by atoms with Crippen LogP contribution in [0, 0.1) is 6.92 Å². The van der Waals surface area contributed by atoms with E-state index >= 15 is 0 Å². The molecule has 0 radical (unpaired) electrons. The number of hydrogen-bond acceptors (Lipinski definition) is 3. The van der Waals surface area contributed by atoms with Crippen molar-refractivity contribution in [2.45, 2.75) is 25.9 Å². The standard InChI is InChI=1S/C15H24BrN3/c1-11-4-5-13(16)10-14(11)15(17-3)12(2)19-8-6-18-7-9-19/h4-5,10,12,15,17-18H,6-9H2,1-3H3. The molecule has 106 valence electrons. The highest BCUT2D eigenvalue weighted by molar-refractivity contribution is 9.10. The van der Waals surface area contributed by atoms with Crippen LogP contribution in [0.25, 0.3) is 0 Å². The second-order valence-corrected chi connectivity index (χ2v) is 6.21. The number of likely N-dealkylation sites (N-methyl/N-ethyl adjacent to an activating group) is 1. The monoisotopic (exact) mass is 325 g/mol. The molecule has 0 aromatic heterocycles. The molecule has 4 heteroatoms. The summed E-state index contributed by atoms with van der Waals surface area (Å²) in [5, 5.41) is 6.92. The third-order valence-electron chi connectivity index (χ3n) is 4.10. The number of hydrogen-bond donors (Lipinski definition) is 2.